The summed E-state index contributed by atoms with van der Waals surface area (Å²) in [5.74, 6) is 0.430. The third-order valence-corrected chi connectivity index (χ3v) is 5.12. The normalized spacial score (nSPS) is 16.1. The number of hydrogen-bond acceptors (Lipinski definition) is 4. The van der Waals surface area contributed by atoms with Crippen LogP contribution in [-0.2, 0) is 0 Å². The number of aromatic nitrogens is 3. The fraction of sp³-hybridized carbons (Fsp3) is 0.526. The number of nitrogens with zero attached hydrogens (tertiary/aromatic N) is 3. The zero-order valence-corrected chi connectivity index (χ0v) is 16.2. The molecule has 1 saturated heterocycles. The predicted molar refractivity (Wildman–Crippen MR) is 101 cm³/mol. The number of halogens is 1. The van der Waals surface area contributed by atoms with Crippen molar-refractivity contribution >= 4 is 17.5 Å². The Hall–Kier alpha value is -1.92. The van der Waals surface area contributed by atoms with Crippen molar-refractivity contribution in [3.05, 3.63) is 34.7 Å². The lowest BCUT2D eigenvalue weighted by Gasteiger charge is -2.34. The van der Waals surface area contributed by atoms with Crippen LogP contribution in [0.3, 0.4) is 0 Å². The summed E-state index contributed by atoms with van der Waals surface area (Å²) in [6.07, 6.45) is 4.22. The molecule has 3 rings (SSSR count). The second-order valence-electron chi connectivity index (χ2n) is 7.69. The quantitative estimate of drug-likeness (QED) is 0.800. The molecule has 3 heterocycles. The van der Waals surface area contributed by atoms with Crippen LogP contribution in [0.1, 0.15) is 49.2 Å². The fourth-order valence-corrected chi connectivity index (χ4v) is 3.82. The Morgan fingerprint density at radius 1 is 1.42 bits per heavy atom. The highest BCUT2D eigenvalue weighted by molar-refractivity contribution is 6.29. The van der Waals surface area contributed by atoms with E-state index in [9.17, 15) is 9.90 Å². The van der Waals surface area contributed by atoms with E-state index in [4.69, 9.17) is 11.6 Å². The van der Waals surface area contributed by atoms with Crippen LogP contribution >= 0.6 is 11.6 Å². The summed E-state index contributed by atoms with van der Waals surface area (Å²) in [5.41, 5.74) is 2.23. The van der Waals surface area contributed by atoms with Gasteiger partial charge < -0.3 is 10.0 Å². The van der Waals surface area contributed by atoms with Crippen LogP contribution in [-0.4, -0.2) is 49.8 Å². The SMILES string of the molecule is Cc1c(-c2ccnc(Cl)c2)n[nH]c1C(=O)N1CCC(CC(C)(C)O)CC1. The molecule has 0 aromatic carbocycles. The summed E-state index contributed by atoms with van der Waals surface area (Å²) in [6.45, 7) is 6.97. The van der Waals surface area contributed by atoms with E-state index in [1.54, 1.807) is 12.3 Å². The van der Waals surface area contributed by atoms with Crippen molar-refractivity contribution in [3.8, 4) is 11.3 Å². The number of amides is 1. The number of aromatic amines is 1. The molecule has 0 saturated carbocycles. The maximum atomic E-state index is 12.9. The highest BCUT2D eigenvalue weighted by Gasteiger charge is 2.29. The number of aliphatic hydroxyl groups is 1. The Labute approximate surface area is 158 Å². The van der Waals surface area contributed by atoms with Crippen molar-refractivity contribution in [1.82, 2.24) is 20.1 Å². The van der Waals surface area contributed by atoms with Crippen LogP contribution in [0.4, 0.5) is 0 Å². The van der Waals surface area contributed by atoms with Gasteiger partial charge in [-0.1, -0.05) is 11.6 Å². The van der Waals surface area contributed by atoms with Gasteiger partial charge in [0.1, 0.15) is 10.8 Å². The number of pyridine rings is 1. The van der Waals surface area contributed by atoms with Gasteiger partial charge in [0.25, 0.3) is 5.91 Å². The smallest absolute Gasteiger partial charge is 0.272 e. The number of likely N-dealkylation sites (tertiary alicyclic amines) is 1. The third-order valence-electron chi connectivity index (χ3n) is 4.91. The van der Waals surface area contributed by atoms with Gasteiger partial charge in [-0.15, -0.1) is 0 Å². The van der Waals surface area contributed by atoms with Gasteiger partial charge in [-0.25, -0.2) is 4.98 Å². The summed E-state index contributed by atoms with van der Waals surface area (Å²) in [7, 11) is 0. The Kier molecular flexibility index (Phi) is 5.34. The molecule has 1 aliphatic rings. The highest BCUT2D eigenvalue weighted by atomic mass is 35.5. The predicted octanol–water partition coefficient (Wildman–Crippen LogP) is 3.45. The van der Waals surface area contributed by atoms with Crippen molar-refractivity contribution in [3.63, 3.8) is 0 Å². The van der Waals surface area contributed by atoms with E-state index in [2.05, 4.69) is 15.2 Å². The van der Waals surface area contributed by atoms with Crippen molar-refractivity contribution < 1.29 is 9.90 Å². The van der Waals surface area contributed by atoms with Gasteiger partial charge in [-0.05, 0) is 58.1 Å². The van der Waals surface area contributed by atoms with Gasteiger partial charge in [0, 0.05) is 30.4 Å². The number of piperidine rings is 1. The summed E-state index contributed by atoms with van der Waals surface area (Å²) < 4.78 is 0. The van der Waals surface area contributed by atoms with Crippen LogP contribution in [0.15, 0.2) is 18.3 Å². The van der Waals surface area contributed by atoms with Gasteiger partial charge in [-0.3, -0.25) is 9.89 Å². The molecule has 0 atom stereocenters. The number of hydrogen-bond donors (Lipinski definition) is 2. The summed E-state index contributed by atoms with van der Waals surface area (Å²) in [5, 5.41) is 17.6. The number of rotatable bonds is 4. The van der Waals surface area contributed by atoms with Crippen LogP contribution < -0.4 is 0 Å². The Morgan fingerprint density at radius 2 is 2.12 bits per heavy atom. The molecule has 1 fully saturated rings. The molecule has 2 aromatic heterocycles. The molecule has 2 N–H and O–H groups in total. The van der Waals surface area contributed by atoms with Gasteiger partial charge in [-0.2, -0.15) is 5.10 Å². The first kappa shape index (κ1) is 18.9. The van der Waals surface area contributed by atoms with E-state index in [0.717, 1.165) is 36.1 Å². The first-order valence-corrected chi connectivity index (χ1v) is 9.31. The minimum absolute atomic E-state index is 0.0249. The monoisotopic (exact) mass is 376 g/mol. The molecule has 1 aliphatic heterocycles. The van der Waals surface area contributed by atoms with E-state index in [1.165, 1.54) is 0 Å². The van der Waals surface area contributed by atoms with E-state index >= 15 is 0 Å². The second kappa shape index (κ2) is 7.37. The van der Waals surface area contributed by atoms with Crippen molar-refractivity contribution in [2.75, 3.05) is 13.1 Å². The lowest BCUT2D eigenvalue weighted by Crippen LogP contribution is -2.40. The Balaban J connectivity index is 1.70. The van der Waals surface area contributed by atoms with Crippen LogP contribution in [0.5, 0.6) is 0 Å². The molecule has 7 heteroatoms. The first-order chi connectivity index (χ1) is 12.2. The molecule has 0 bridgehead atoms. The largest absolute Gasteiger partial charge is 0.390 e. The minimum atomic E-state index is -0.655. The molecule has 140 valence electrons. The fourth-order valence-electron chi connectivity index (χ4n) is 3.64. The zero-order chi connectivity index (χ0) is 18.9. The zero-order valence-electron chi connectivity index (χ0n) is 15.4. The topological polar surface area (TPSA) is 82.1 Å². The van der Waals surface area contributed by atoms with Crippen molar-refractivity contribution in [1.29, 1.82) is 0 Å². The molecule has 26 heavy (non-hydrogen) atoms. The first-order valence-electron chi connectivity index (χ1n) is 8.93. The van der Waals surface area contributed by atoms with Crippen molar-refractivity contribution in [2.24, 2.45) is 5.92 Å². The van der Waals surface area contributed by atoms with E-state index in [-0.39, 0.29) is 5.91 Å². The van der Waals surface area contributed by atoms with E-state index in [0.29, 0.717) is 29.9 Å². The summed E-state index contributed by atoms with van der Waals surface area (Å²) in [6, 6.07) is 3.56. The number of carbonyl (C=O) groups excluding carboxylic acids is 1. The van der Waals surface area contributed by atoms with Gasteiger partial charge >= 0.3 is 0 Å². The molecule has 2 aromatic rings. The average molecular weight is 377 g/mol. The summed E-state index contributed by atoms with van der Waals surface area (Å²) in [4.78, 5) is 18.7. The third kappa shape index (κ3) is 4.24. The molecule has 0 aliphatic carbocycles. The second-order valence-corrected chi connectivity index (χ2v) is 8.08. The average Bonchev–Trinajstić information content (AvgIpc) is 2.95. The van der Waals surface area contributed by atoms with Crippen LogP contribution in [0.25, 0.3) is 11.3 Å². The number of H-pyrrole nitrogens is 1. The Bertz CT molecular complexity index is 789. The van der Waals surface area contributed by atoms with E-state index in [1.807, 2.05) is 31.7 Å². The lowest BCUT2D eigenvalue weighted by molar-refractivity contribution is 0.0356. The summed E-state index contributed by atoms with van der Waals surface area (Å²) >= 11 is 5.96. The molecule has 1 amide bonds. The maximum Gasteiger partial charge on any atom is 0.272 e. The standard InChI is InChI=1S/C19H25ClN4O2/c1-12-16(14-4-7-21-15(20)10-14)22-23-17(12)18(25)24-8-5-13(6-9-24)11-19(2,3)26/h4,7,10,13,26H,5-6,8-9,11H2,1-3H3,(H,22,23). The molecular weight excluding hydrogens is 352 g/mol. The molecule has 0 unspecified atom stereocenters. The number of carbonyl (C=O) groups is 1. The van der Waals surface area contributed by atoms with Gasteiger partial charge in [0.15, 0.2) is 0 Å². The number of nitrogens with one attached hydrogen (secondary N) is 1. The van der Waals surface area contributed by atoms with Gasteiger partial charge in [0.05, 0.1) is 11.3 Å². The molecule has 6 nitrogen and oxygen atoms in total. The van der Waals surface area contributed by atoms with Gasteiger partial charge in [0.2, 0.25) is 0 Å². The highest BCUT2D eigenvalue weighted by Crippen LogP contribution is 2.29. The molecular formula is C19H25ClN4O2. The van der Waals surface area contributed by atoms with Crippen molar-refractivity contribution in [2.45, 2.75) is 45.6 Å². The van der Waals surface area contributed by atoms with E-state index < -0.39 is 5.60 Å². The molecule has 0 spiro atoms. The minimum Gasteiger partial charge on any atom is -0.390 e. The molecule has 0 radical (unpaired) electrons. The van der Waals surface area contributed by atoms with Crippen LogP contribution in [0, 0.1) is 12.8 Å². The maximum absolute atomic E-state index is 12.9. The Morgan fingerprint density at radius 3 is 2.73 bits per heavy atom. The van der Waals surface area contributed by atoms with Crippen LogP contribution in [0.2, 0.25) is 5.15 Å². The lowest BCUT2D eigenvalue weighted by atomic mass is 9.86.